The number of aryl methyl sites for hydroxylation is 1. The minimum absolute atomic E-state index is 0.602. The van der Waals surface area contributed by atoms with E-state index in [0.717, 1.165) is 27.5 Å². The summed E-state index contributed by atoms with van der Waals surface area (Å²) >= 11 is 1.55. The van der Waals surface area contributed by atoms with E-state index < -0.39 is 0 Å². The number of anilines is 1. The highest BCUT2D eigenvalue weighted by molar-refractivity contribution is 7.99. The molecule has 0 bridgehead atoms. The van der Waals surface area contributed by atoms with Gasteiger partial charge in [-0.1, -0.05) is 11.8 Å². The van der Waals surface area contributed by atoms with Crippen LogP contribution >= 0.6 is 11.8 Å². The summed E-state index contributed by atoms with van der Waals surface area (Å²) in [7, 11) is 1.89. The van der Waals surface area contributed by atoms with Gasteiger partial charge in [0.15, 0.2) is 5.65 Å². The fraction of sp³-hybridized carbons (Fsp3) is 0.273. The molecule has 19 heavy (non-hydrogen) atoms. The molecule has 0 aliphatic carbocycles. The van der Waals surface area contributed by atoms with Crippen molar-refractivity contribution >= 4 is 28.7 Å². The van der Waals surface area contributed by atoms with Crippen LogP contribution in [-0.4, -0.2) is 36.5 Å². The third-order valence-corrected chi connectivity index (χ3v) is 3.46. The van der Waals surface area contributed by atoms with E-state index in [1.807, 2.05) is 26.4 Å². The maximum absolute atomic E-state index is 4.51. The standard InChI is InChI=1S/C11H13N7S/c1-3-12-11-15-9-8(5-13-17-9)10(16-11)19-7-4-14-18(2)6-7/h4-6H,3H2,1-2H3,(H2,12,13,15,16,17). The molecule has 0 unspecified atom stereocenters. The van der Waals surface area contributed by atoms with Gasteiger partial charge < -0.3 is 5.32 Å². The highest BCUT2D eigenvalue weighted by Crippen LogP contribution is 2.31. The number of aromatic amines is 1. The minimum Gasteiger partial charge on any atom is -0.354 e. The number of hydrogen-bond donors (Lipinski definition) is 2. The summed E-state index contributed by atoms with van der Waals surface area (Å²) in [4.78, 5) is 9.90. The van der Waals surface area contributed by atoms with Gasteiger partial charge in [0.05, 0.1) is 22.7 Å². The first-order chi connectivity index (χ1) is 9.26. The third-order valence-electron chi connectivity index (χ3n) is 2.51. The van der Waals surface area contributed by atoms with Crippen molar-refractivity contribution in [3.63, 3.8) is 0 Å². The molecule has 3 aromatic heterocycles. The Hall–Kier alpha value is -2.09. The third kappa shape index (κ3) is 2.39. The smallest absolute Gasteiger partial charge is 0.225 e. The predicted octanol–water partition coefficient (Wildman–Crippen LogP) is 1.67. The van der Waals surface area contributed by atoms with Crippen LogP contribution in [0.1, 0.15) is 6.92 Å². The molecule has 3 aromatic rings. The Morgan fingerprint density at radius 2 is 2.26 bits per heavy atom. The molecule has 0 spiro atoms. The van der Waals surface area contributed by atoms with Crippen LogP contribution in [-0.2, 0) is 7.05 Å². The van der Waals surface area contributed by atoms with Gasteiger partial charge in [-0.05, 0) is 6.92 Å². The number of nitrogens with zero attached hydrogens (tertiary/aromatic N) is 5. The van der Waals surface area contributed by atoms with Gasteiger partial charge in [-0.2, -0.15) is 15.2 Å². The van der Waals surface area contributed by atoms with Crippen LogP contribution in [0, 0.1) is 0 Å². The molecule has 0 aromatic carbocycles. The Bertz CT molecular complexity index is 702. The normalized spacial score (nSPS) is 11.1. The Morgan fingerprint density at radius 1 is 1.37 bits per heavy atom. The molecule has 98 valence electrons. The zero-order chi connectivity index (χ0) is 13.2. The second kappa shape index (κ2) is 4.88. The number of rotatable bonds is 4. The summed E-state index contributed by atoms with van der Waals surface area (Å²) in [5.74, 6) is 0.602. The fourth-order valence-corrected chi connectivity index (χ4v) is 2.61. The van der Waals surface area contributed by atoms with E-state index in [0.29, 0.717) is 5.95 Å². The molecule has 0 atom stereocenters. The summed E-state index contributed by atoms with van der Waals surface area (Å²) in [6.07, 6.45) is 5.50. The van der Waals surface area contributed by atoms with Crippen LogP contribution in [0.25, 0.3) is 11.0 Å². The van der Waals surface area contributed by atoms with E-state index in [2.05, 4.69) is 30.6 Å². The van der Waals surface area contributed by atoms with Crippen molar-refractivity contribution in [2.24, 2.45) is 7.05 Å². The molecular formula is C11H13N7S. The van der Waals surface area contributed by atoms with E-state index in [1.54, 1.807) is 22.6 Å². The molecule has 3 heterocycles. The van der Waals surface area contributed by atoms with Gasteiger partial charge >= 0.3 is 0 Å². The van der Waals surface area contributed by atoms with Crippen molar-refractivity contribution in [1.29, 1.82) is 0 Å². The minimum atomic E-state index is 0.602. The van der Waals surface area contributed by atoms with Crippen molar-refractivity contribution in [3.05, 3.63) is 18.6 Å². The average Bonchev–Trinajstić information content (AvgIpc) is 2.99. The monoisotopic (exact) mass is 275 g/mol. The van der Waals surface area contributed by atoms with Crippen LogP contribution in [0.3, 0.4) is 0 Å². The number of hydrogen-bond acceptors (Lipinski definition) is 6. The second-order valence-corrected chi connectivity index (χ2v) is 5.03. The fourth-order valence-electron chi connectivity index (χ4n) is 1.69. The van der Waals surface area contributed by atoms with E-state index in [9.17, 15) is 0 Å². The molecule has 7 nitrogen and oxygen atoms in total. The summed E-state index contributed by atoms with van der Waals surface area (Å²) in [6.45, 7) is 2.78. The molecular weight excluding hydrogens is 262 g/mol. The van der Waals surface area contributed by atoms with Gasteiger partial charge in [-0.25, -0.2) is 4.98 Å². The highest BCUT2D eigenvalue weighted by Gasteiger charge is 2.11. The van der Waals surface area contributed by atoms with Gasteiger partial charge in [-0.3, -0.25) is 9.78 Å². The number of H-pyrrole nitrogens is 1. The quantitative estimate of drug-likeness (QED) is 0.705. The van der Waals surface area contributed by atoms with Crippen LogP contribution in [0.15, 0.2) is 28.5 Å². The van der Waals surface area contributed by atoms with Crippen molar-refractivity contribution in [2.75, 3.05) is 11.9 Å². The SMILES string of the molecule is CCNc1nc(Sc2cnn(C)c2)c2cn[nH]c2n1. The zero-order valence-electron chi connectivity index (χ0n) is 10.6. The van der Waals surface area contributed by atoms with E-state index >= 15 is 0 Å². The van der Waals surface area contributed by atoms with Crippen LogP contribution in [0.2, 0.25) is 0 Å². The van der Waals surface area contributed by atoms with Crippen LogP contribution in [0.4, 0.5) is 5.95 Å². The molecule has 0 amide bonds. The van der Waals surface area contributed by atoms with Gasteiger partial charge in [0.1, 0.15) is 5.03 Å². The van der Waals surface area contributed by atoms with Gasteiger partial charge in [0.2, 0.25) is 5.95 Å². The van der Waals surface area contributed by atoms with E-state index in [-0.39, 0.29) is 0 Å². The summed E-state index contributed by atoms with van der Waals surface area (Å²) < 4.78 is 1.77. The van der Waals surface area contributed by atoms with Crippen molar-refractivity contribution in [1.82, 2.24) is 29.9 Å². The second-order valence-electron chi connectivity index (χ2n) is 3.97. The molecule has 2 N–H and O–H groups in total. The Kier molecular flexibility index (Phi) is 3.08. The number of nitrogens with one attached hydrogen (secondary N) is 2. The first kappa shape index (κ1) is 12.0. The lowest BCUT2D eigenvalue weighted by Gasteiger charge is -2.04. The molecule has 0 radical (unpaired) electrons. The lowest BCUT2D eigenvalue weighted by atomic mass is 10.4. The van der Waals surface area contributed by atoms with E-state index in [1.165, 1.54) is 0 Å². The summed E-state index contributed by atoms with van der Waals surface area (Å²) in [5, 5.41) is 15.9. The molecule has 0 aliphatic heterocycles. The first-order valence-corrected chi connectivity index (χ1v) is 6.69. The zero-order valence-corrected chi connectivity index (χ0v) is 11.4. The highest BCUT2D eigenvalue weighted by atomic mass is 32.2. The molecule has 0 fully saturated rings. The maximum atomic E-state index is 4.51. The van der Waals surface area contributed by atoms with E-state index in [4.69, 9.17) is 0 Å². The topological polar surface area (TPSA) is 84.3 Å². The Labute approximate surface area is 113 Å². The lowest BCUT2D eigenvalue weighted by Crippen LogP contribution is -2.02. The van der Waals surface area contributed by atoms with Crippen molar-refractivity contribution in [3.8, 4) is 0 Å². The van der Waals surface area contributed by atoms with Crippen molar-refractivity contribution < 1.29 is 0 Å². The number of aromatic nitrogens is 6. The molecule has 0 saturated carbocycles. The predicted molar refractivity (Wildman–Crippen MR) is 73.2 cm³/mol. The van der Waals surface area contributed by atoms with Gasteiger partial charge in [-0.15, -0.1) is 0 Å². The molecule has 0 aliphatic rings. The first-order valence-electron chi connectivity index (χ1n) is 5.87. The maximum Gasteiger partial charge on any atom is 0.225 e. The van der Waals surface area contributed by atoms with Crippen molar-refractivity contribution in [2.45, 2.75) is 16.8 Å². The Morgan fingerprint density at radius 3 is 3.00 bits per heavy atom. The van der Waals surface area contributed by atoms with Gasteiger partial charge in [0, 0.05) is 19.8 Å². The number of fused-ring (bicyclic) bond motifs is 1. The summed E-state index contributed by atoms with van der Waals surface area (Å²) in [5.41, 5.74) is 0.734. The largest absolute Gasteiger partial charge is 0.354 e. The molecule has 3 rings (SSSR count). The molecule has 0 saturated heterocycles. The lowest BCUT2D eigenvalue weighted by molar-refractivity contribution is 0.766. The average molecular weight is 275 g/mol. The van der Waals surface area contributed by atoms with Crippen LogP contribution in [0.5, 0.6) is 0 Å². The molecule has 8 heteroatoms. The Balaban J connectivity index is 2.02. The summed E-state index contributed by atoms with van der Waals surface area (Å²) in [6, 6.07) is 0. The van der Waals surface area contributed by atoms with Gasteiger partial charge in [0.25, 0.3) is 0 Å². The van der Waals surface area contributed by atoms with Crippen LogP contribution < -0.4 is 5.32 Å².